The first-order chi connectivity index (χ1) is 24.7. The Balaban J connectivity index is -0.000000126. The van der Waals surface area contributed by atoms with Gasteiger partial charge in [-0.15, -0.1) is 0 Å². The molecule has 3 atom stereocenters. The fourth-order valence-corrected chi connectivity index (χ4v) is 4.24. The highest BCUT2D eigenvalue weighted by Gasteiger charge is 2.10. The van der Waals surface area contributed by atoms with E-state index in [1.807, 2.05) is 28.2 Å². The third-order valence-electron chi connectivity index (χ3n) is 9.71. The maximum Gasteiger partial charge on any atom is 0.146 e. The van der Waals surface area contributed by atoms with Crippen molar-refractivity contribution < 1.29 is 9.59 Å². The monoisotopic (exact) mass is 746 g/mol. The number of likely N-dealkylation sites (N-methyl/N-ethyl adjacent to an activating group) is 4. The molecule has 0 heterocycles. The Morgan fingerprint density at radius 2 is 0.865 bits per heavy atom. The van der Waals surface area contributed by atoms with Gasteiger partial charge in [-0.3, -0.25) is 9.59 Å². The lowest BCUT2D eigenvalue weighted by atomic mass is 10.1. The largest absolute Gasteiger partial charge is 0.318 e. The average molecular weight is 746 g/mol. The summed E-state index contributed by atoms with van der Waals surface area (Å²) in [4.78, 5) is 21.9. The molecule has 0 aliphatic rings. The van der Waals surface area contributed by atoms with Crippen LogP contribution in [0.5, 0.6) is 0 Å². The molecule has 0 radical (unpaired) electrons. The van der Waals surface area contributed by atoms with Gasteiger partial charge in [0.1, 0.15) is 11.6 Å². The SMILES string of the molecule is CCC(C)C.CCC(C)CC.CCC(C)CC.CCCC(CNCCNC)NC.CCCCCC(NC)C(C)=O.CCCCCCC(NC)C(C)=O. The Labute approximate surface area is 330 Å². The molecule has 0 aliphatic heterocycles. The highest BCUT2D eigenvalue weighted by Crippen LogP contribution is 2.06. The Hall–Kier alpha value is -0.860. The summed E-state index contributed by atoms with van der Waals surface area (Å²) in [6, 6.07) is 0.801. The Morgan fingerprint density at radius 3 is 1.12 bits per heavy atom. The van der Waals surface area contributed by atoms with Crippen LogP contribution in [-0.4, -0.2) is 77.5 Å². The molecule has 7 nitrogen and oxygen atoms in total. The molecule has 0 saturated heterocycles. The summed E-state index contributed by atoms with van der Waals surface area (Å²) in [6.07, 6.45) is 19.7. The summed E-state index contributed by atoms with van der Waals surface area (Å²) >= 11 is 0. The third kappa shape index (κ3) is 61.2. The van der Waals surface area contributed by atoms with E-state index in [-0.39, 0.29) is 23.7 Å². The van der Waals surface area contributed by atoms with Gasteiger partial charge in [-0.2, -0.15) is 0 Å². The van der Waals surface area contributed by atoms with E-state index < -0.39 is 0 Å². The van der Waals surface area contributed by atoms with Crippen LogP contribution >= 0.6 is 0 Å². The first-order valence-corrected chi connectivity index (χ1v) is 22.1. The van der Waals surface area contributed by atoms with Crippen LogP contribution in [0, 0.1) is 17.8 Å². The van der Waals surface area contributed by atoms with Gasteiger partial charge in [0.15, 0.2) is 0 Å². The maximum atomic E-state index is 11.0. The molecule has 7 heteroatoms. The fourth-order valence-electron chi connectivity index (χ4n) is 4.24. The van der Waals surface area contributed by atoms with E-state index in [9.17, 15) is 9.59 Å². The van der Waals surface area contributed by atoms with E-state index in [4.69, 9.17) is 0 Å². The van der Waals surface area contributed by atoms with E-state index in [1.165, 1.54) is 83.5 Å². The van der Waals surface area contributed by atoms with Crippen molar-refractivity contribution in [3.8, 4) is 0 Å². The highest BCUT2D eigenvalue weighted by atomic mass is 16.1. The van der Waals surface area contributed by atoms with Crippen molar-refractivity contribution >= 4 is 11.6 Å². The van der Waals surface area contributed by atoms with Crippen molar-refractivity contribution in [3.63, 3.8) is 0 Å². The summed E-state index contributed by atoms with van der Waals surface area (Å²) in [5, 5.41) is 15.8. The van der Waals surface area contributed by atoms with Gasteiger partial charge in [0.05, 0.1) is 12.1 Å². The number of unbranched alkanes of at least 4 members (excludes halogenated alkanes) is 5. The van der Waals surface area contributed by atoms with Crippen LogP contribution < -0.4 is 26.6 Å². The van der Waals surface area contributed by atoms with Gasteiger partial charge in [0, 0.05) is 25.7 Å². The van der Waals surface area contributed by atoms with E-state index in [2.05, 4.69) is 110 Å². The van der Waals surface area contributed by atoms with Crippen LogP contribution in [0.15, 0.2) is 0 Å². The van der Waals surface area contributed by atoms with E-state index in [1.54, 1.807) is 13.8 Å². The first-order valence-electron chi connectivity index (χ1n) is 22.1. The van der Waals surface area contributed by atoms with Gasteiger partial charge >= 0.3 is 0 Å². The first kappa shape index (κ1) is 63.1. The normalized spacial score (nSPS) is 12.0. The Bertz CT molecular complexity index is 629. The van der Waals surface area contributed by atoms with Gasteiger partial charge < -0.3 is 26.6 Å². The molecule has 0 spiro atoms. The second-order valence-electron chi connectivity index (χ2n) is 15.0. The van der Waals surface area contributed by atoms with Gasteiger partial charge in [-0.05, 0) is 79.1 Å². The molecule has 3 unspecified atom stereocenters. The quantitative estimate of drug-likeness (QED) is 0.0563. The second-order valence-corrected chi connectivity index (χ2v) is 15.0. The van der Waals surface area contributed by atoms with Gasteiger partial charge in [-0.25, -0.2) is 0 Å². The van der Waals surface area contributed by atoms with Gasteiger partial charge in [0.25, 0.3) is 0 Å². The summed E-state index contributed by atoms with van der Waals surface area (Å²) in [5.74, 6) is 3.27. The van der Waals surface area contributed by atoms with E-state index in [0.29, 0.717) is 6.04 Å². The number of ketones is 2. The number of hydrogen-bond donors (Lipinski definition) is 5. The minimum Gasteiger partial charge on any atom is -0.318 e. The lowest BCUT2D eigenvalue weighted by Crippen LogP contribution is -2.38. The molecule has 0 aromatic heterocycles. The van der Waals surface area contributed by atoms with Crippen molar-refractivity contribution in [2.24, 2.45) is 17.8 Å². The van der Waals surface area contributed by atoms with Crippen LogP contribution in [-0.2, 0) is 9.59 Å². The predicted octanol–water partition coefficient (Wildman–Crippen LogP) is 11.0. The van der Waals surface area contributed by atoms with E-state index >= 15 is 0 Å². The minimum absolute atomic E-state index is 0.0848. The van der Waals surface area contributed by atoms with Crippen LogP contribution in [0.4, 0.5) is 0 Å². The number of Topliss-reactive ketones (excluding diaryl/α,β-unsaturated/α-hetero) is 2. The molecule has 0 saturated carbocycles. The lowest BCUT2D eigenvalue weighted by molar-refractivity contribution is -0.119. The third-order valence-corrected chi connectivity index (χ3v) is 9.71. The summed E-state index contributed by atoms with van der Waals surface area (Å²) in [7, 11) is 7.70. The van der Waals surface area contributed by atoms with Crippen molar-refractivity contribution in [1.82, 2.24) is 26.6 Å². The molecule has 5 N–H and O–H groups in total. The molecule has 0 aromatic rings. The number of nitrogens with one attached hydrogen (secondary N) is 5. The van der Waals surface area contributed by atoms with Crippen molar-refractivity contribution in [2.75, 3.05) is 47.8 Å². The van der Waals surface area contributed by atoms with Gasteiger partial charge in [0.2, 0.25) is 0 Å². The molecule has 0 aromatic carbocycles. The predicted molar refractivity (Wildman–Crippen MR) is 239 cm³/mol. The summed E-state index contributed by atoms with van der Waals surface area (Å²) in [5.41, 5.74) is 0. The molecule has 0 aliphatic carbocycles. The molecular weight excluding hydrogens is 643 g/mol. The molecule has 0 bridgehead atoms. The van der Waals surface area contributed by atoms with Crippen molar-refractivity contribution in [2.45, 2.75) is 218 Å². The number of rotatable bonds is 26. The zero-order valence-corrected chi connectivity index (χ0v) is 39.2. The number of carbonyl (C=O) groups is 2. The summed E-state index contributed by atoms with van der Waals surface area (Å²) in [6.45, 7) is 33.2. The summed E-state index contributed by atoms with van der Waals surface area (Å²) < 4.78 is 0. The lowest BCUT2D eigenvalue weighted by Gasteiger charge is -2.15. The van der Waals surface area contributed by atoms with Crippen molar-refractivity contribution in [3.05, 3.63) is 0 Å². The highest BCUT2D eigenvalue weighted by molar-refractivity contribution is 5.81. The number of carbonyl (C=O) groups excluding carboxylic acids is 2. The van der Waals surface area contributed by atoms with Crippen molar-refractivity contribution in [1.29, 1.82) is 0 Å². The molecule has 0 amide bonds. The molecule has 320 valence electrons. The van der Waals surface area contributed by atoms with Crippen LogP contribution in [0.25, 0.3) is 0 Å². The number of hydrogen-bond acceptors (Lipinski definition) is 7. The Kier molecular flexibility index (Phi) is 66.1. The second kappa shape index (κ2) is 54.5. The zero-order chi connectivity index (χ0) is 41.6. The average Bonchev–Trinajstić information content (AvgIpc) is 3.14. The van der Waals surface area contributed by atoms with E-state index in [0.717, 1.165) is 56.7 Å². The molecule has 0 rings (SSSR count). The van der Waals surface area contributed by atoms with Crippen LogP contribution in [0.1, 0.15) is 200 Å². The maximum absolute atomic E-state index is 11.0. The van der Waals surface area contributed by atoms with Crippen LogP contribution in [0.2, 0.25) is 0 Å². The molecule has 0 fully saturated rings. The standard InChI is InChI=1S/C10H21NO.C9H23N3.C9H19NO.2C6H14.C5H12/c1-4-5-6-7-8-10(11-3)9(2)12;1-4-5-9(11-3)8-12-7-6-10-2;1-4-5-6-7-9(10-3)8(2)11;2*1-4-6(3)5-2;1-4-5(2)3/h10-11H,4-8H2,1-3H3;9-12H,4-8H2,1-3H3;9-10H,4-7H2,1-3H3;2*6H,4-5H2,1-3H3;5H,4H2,1-3H3. The Morgan fingerprint density at radius 1 is 0.481 bits per heavy atom. The smallest absolute Gasteiger partial charge is 0.146 e. The molecular formula is C45H103N5O2. The topological polar surface area (TPSA) is 94.3 Å². The van der Waals surface area contributed by atoms with Crippen LogP contribution in [0.3, 0.4) is 0 Å². The fraction of sp³-hybridized carbons (Fsp3) is 0.956. The zero-order valence-electron chi connectivity index (χ0n) is 39.2. The molecule has 52 heavy (non-hydrogen) atoms. The van der Waals surface area contributed by atoms with Gasteiger partial charge in [-0.1, -0.05) is 167 Å². The minimum atomic E-state index is 0.0848.